The van der Waals surface area contributed by atoms with Gasteiger partial charge in [0.25, 0.3) is 0 Å². The molecule has 0 N–H and O–H groups in total. The van der Waals surface area contributed by atoms with Crippen LogP contribution >= 0.6 is 0 Å². The van der Waals surface area contributed by atoms with Crippen LogP contribution in [-0.4, -0.2) is 19.5 Å². The Labute approximate surface area is 115 Å². The molecule has 0 atom stereocenters. The lowest BCUT2D eigenvalue weighted by Gasteiger charge is -2.11. The highest BCUT2D eigenvalue weighted by Crippen LogP contribution is 2.28. The van der Waals surface area contributed by atoms with Gasteiger partial charge in [0.15, 0.2) is 17.3 Å². The van der Waals surface area contributed by atoms with Gasteiger partial charge in [-0.15, -0.1) is 6.58 Å². The van der Waals surface area contributed by atoms with Crippen molar-refractivity contribution >= 4 is 5.78 Å². The molecule has 0 bridgehead atoms. The Morgan fingerprint density at radius 2 is 2.05 bits per heavy atom. The van der Waals surface area contributed by atoms with Gasteiger partial charge in [-0.05, 0) is 50.8 Å². The number of carbonyl (C=O) groups excluding carboxylic acids is 1. The summed E-state index contributed by atoms with van der Waals surface area (Å²) >= 11 is 0. The van der Waals surface area contributed by atoms with Crippen LogP contribution in [0.2, 0.25) is 0 Å². The molecule has 3 nitrogen and oxygen atoms in total. The Balaban J connectivity index is 2.49. The van der Waals surface area contributed by atoms with E-state index in [9.17, 15) is 4.79 Å². The van der Waals surface area contributed by atoms with Crippen molar-refractivity contribution in [2.75, 3.05) is 13.7 Å². The van der Waals surface area contributed by atoms with Crippen LogP contribution < -0.4 is 9.47 Å². The van der Waals surface area contributed by atoms with Gasteiger partial charge in [0.1, 0.15) is 0 Å². The molecule has 0 radical (unpaired) electrons. The van der Waals surface area contributed by atoms with Gasteiger partial charge in [-0.3, -0.25) is 4.79 Å². The molecule has 1 rings (SSSR count). The first-order valence-corrected chi connectivity index (χ1v) is 6.61. The third kappa shape index (κ3) is 5.16. The third-order valence-electron chi connectivity index (χ3n) is 2.88. The van der Waals surface area contributed by atoms with E-state index in [-0.39, 0.29) is 5.78 Å². The van der Waals surface area contributed by atoms with Crippen molar-refractivity contribution in [2.45, 2.75) is 32.6 Å². The fraction of sp³-hybridized carbons (Fsp3) is 0.438. The maximum absolute atomic E-state index is 11.3. The minimum Gasteiger partial charge on any atom is -0.493 e. The molecule has 104 valence electrons. The van der Waals surface area contributed by atoms with Gasteiger partial charge in [0.2, 0.25) is 0 Å². The van der Waals surface area contributed by atoms with Crippen molar-refractivity contribution in [1.29, 1.82) is 0 Å². The highest BCUT2D eigenvalue weighted by atomic mass is 16.5. The Kier molecular flexibility index (Phi) is 6.72. The number of ketones is 1. The van der Waals surface area contributed by atoms with E-state index < -0.39 is 0 Å². The lowest BCUT2D eigenvalue weighted by molar-refractivity contribution is 0.101. The Morgan fingerprint density at radius 1 is 1.26 bits per heavy atom. The van der Waals surface area contributed by atoms with Crippen molar-refractivity contribution in [3.05, 3.63) is 36.4 Å². The van der Waals surface area contributed by atoms with E-state index in [0.717, 1.165) is 25.7 Å². The first kappa shape index (κ1) is 15.3. The summed E-state index contributed by atoms with van der Waals surface area (Å²) in [6, 6.07) is 5.27. The number of hydrogen-bond acceptors (Lipinski definition) is 3. The predicted molar refractivity (Wildman–Crippen MR) is 77.2 cm³/mol. The molecule has 0 heterocycles. The van der Waals surface area contributed by atoms with Crippen LogP contribution in [0.25, 0.3) is 0 Å². The number of carbonyl (C=O) groups is 1. The standard InChI is InChI=1S/C16H22O3/c1-4-5-6-7-8-11-19-15-10-9-14(13(2)17)12-16(15)18-3/h4,9-10,12H,1,5-8,11H2,2-3H3. The second kappa shape index (κ2) is 8.35. The summed E-state index contributed by atoms with van der Waals surface area (Å²) in [6.07, 6.45) is 6.26. The molecule has 0 fully saturated rings. The zero-order valence-corrected chi connectivity index (χ0v) is 11.8. The van der Waals surface area contributed by atoms with Gasteiger partial charge < -0.3 is 9.47 Å². The van der Waals surface area contributed by atoms with E-state index in [1.807, 2.05) is 6.08 Å². The summed E-state index contributed by atoms with van der Waals surface area (Å²) in [7, 11) is 1.58. The highest BCUT2D eigenvalue weighted by Gasteiger charge is 2.07. The quantitative estimate of drug-likeness (QED) is 0.383. The van der Waals surface area contributed by atoms with Gasteiger partial charge in [0, 0.05) is 5.56 Å². The number of methoxy groups -OCH3 is 1. The lowest BCUT2D eigenvalue weighted by Crippen LogP contribution is -2.01. The number of ether oxygens (including phenoxy) is 2. The molecule has 0 aromatic heterocycles. The van der Waals surface area contributed by atoms with E-state index in [4.69, 9.17) is 9.47 Å². The molecule has 3 heteroatoms. The van der Waals surface area contributed by atoms with Gasteiger partial charge in [-0.1, -0.05) is 6.08 Å². The topological polar surface area (TPSA) is 35.5 Å². The Hall–Kier alpha value is -1.77. The van der Waals surface area contributed by atoms with E-state index in [2.05, 4.69) is 6.58 Å². The van der Waals surface area contributed by atoms with Crippen molar-refractivity contribution < 1.29 is 14.3 Å². The molecule has 0 aliphatic carbocycles. The summed E-state index contributed by atoms with van der Waals surface area (Å²) in [6.45, 7) is 5.89. The molecule has 0 spiro atoms. The number of unbranched alkanes of at least 4 members (excludes halogenated alkanes) is 3. The van der Waals surface area contributed by atoms with Crippen LogP contribution in [0.3, 0.4) is 0 Å². The third-order valence-corrected chi connectivity index (χ3v) is 2.88. The molecule has 1 aromatic rings. The van der Waals surface area contributed by atoms with Crippen LogP contribution in [-0.2, 0) is 0 Å². The minimum atomic E-state index is 0.0225. The molecule has 1 aromatic carbocycles. The zero-order chi connectivity index (χ0) is 14.1. The SMILES string of the molecule is C=CCCCCCOc1ccc(C(C)=O)cc1OC. The number of allylic oxidation sites excluding steroid dienone is 1. The van der Waals surface area contributed by atoms with E-state index in [1.54, 1.807) is 25.3 Å². The summed E-state index contributed by atoms with van der Waals surface area (Å²) in [4.78, 5) is 11.3. The molecule has 19 heavy (non-hydrogen) atoms. The smallest absolute Gasteiger partial charge is 0.161 e. The number of rotatable bonds is 9. The van der Waals surface area contributed by atoms with Crippen molar-refractivity contribution in [3.8, 4) is 11.5 Å². The lowest BCUT2D eigenvalue weighted by atomic mass is 10.1. The maximum Gasteiger partial charge on any atom is 0.161 e. The van der Waals surface area contributed by atoms with Gasteiger partial charge in [0.05, 0.1) is 13.7 Å². The van der Waals surface area contributed by atoms with E-state index >= 15 is 0 Å². The fourth-order valence-corrected chi connectivity index (χ4v) is 1.76. The molecule has 0 aliphatic rings. The van der Waals surface area contributed by atoms with Gasteiger partial charge in [-0.2, -0.15) is 0 Å². The molecule has 0 unspecified atom stereocenters. The largest absolute Gasteiger partial charge is 0.493 e. The molecule has 0 saturated carbocycles. The van der Waals surface area contributed by atoms with Crippen LogP contribution in [0.15, 0.2) is 30.9 Å². The van der Waals surface area contributed by atoms with Crippen LogP contribution in [0.5, 0.6) is 11.5 Å². The average Bonchev–Trinajstić information content (AvgIpc) is 2.42. The summed E-state index contributed by atoms with van der Waals surface area (Å²) < 4.78 is 10.9. The second-order valence-electron chi connectivity index (χ2n) is 4.41. The molecular formula is C16H22O3. The second-order valence-corrected chi connectivity index (χ2v) is 4.41. The number of benzene rings is 1. The molecular weight excluding hydrogens is 240 g/mol. The minimum absolute atomic E-state index is 0.0225. The molecule has 0 aliphatic heterocycles. The number of hydrogen-bond donors (Lipinski definition) is 0. The summed E-state index contributed by atoms with van der Waals surface area (Å²) in [5.41, 5.74) is 0.634. The normalized spacial score (nSPS) is 10.0. The summed E-state index contributed by atoms with van der Waals surface area (Å²) in [5, 5.41) is 0. The van der Waals surface area contributed by atoms with Crippen LogP contribution in [0.4, 0.5) is 0 Å². The maximum atomic E-state index is 11.3. The summed E-state index contributed by atoms with van der Waals surface area (Å²) in [5.74, 6) is 1.32. The monoisotopic (exact) mass is 262 g/mol. The average molecular weight is 262 g/mol. The number of Topliss-reactive ketones (excluding diaryl/α,β-unsaturated/α-hetero) is 1. The Morgan fingerprint density at radius 3 is 2.68 bits per heavy atom. The van der Waals surface area contributed by atoms with Crippen LogP contribution in [0, 0.1) is 0 Å². The first-order chi connectivity index (χ1) is 9.19. The fourth-order valence-electron chi connectivity index (χ4n) is 1.76. The van der Waals surface area contributed by atoms with Crippen molar-refractivity contribution in [1.82, 2.24) is 0 Å². The molecule has 0 saturated heterocycles. The van der Waals surface area contributed by atoms with E-state index in [0.29, 0.717) is 23.7 Å². The highest BCUT2D eigenvalue weighted by molar-refractivity contribution is 5.94. The zero-order valence-electron chi connectivity index (χ0n) is 11.8. The van der Waals surface area contributed by atoms with Crippen LogP contribution in [0.1, 0.15) is 43.0 Å². The first-order valence-electron chi connectivity index (χ1n) is 6.61. The van der Waals surface area contributed by atoms with Crippen molar-refractivity contribution in [3.63, 3.8) is 0 Å². The predicted octanol–water partition coefficient (Wildman–Crippen LogP) is 4.02. The van der Waals surface area contributed by atoms with Gasteiger partial charge in [-0.25, -0.2) is 0 Å². The van der Waals surface area contributed by atoms with Gasteiger partial charge >= 0.3 is 0 Å². The van der Waals surface area contributed by atoms with Crippen molar-refractivity contribution in [2.24, 2.45) is 0 Å². The van der Waals surface area contributed by atoms with E-state index in [1.165, 1.54) is 6.92 Å². The molecule has 0 amide bonds. The Bertz CT molecular complexity index is 424.